The number of carbonyl (C=O) groups is 1. The molecule has 2 saturated heterocycles. The van der Waals surface area contributed by atoms with Crippen LogP contribution in [0.15, 0.2) is 0 Å². The second kappa shape index (κ2) is 6.26. The Morgan fingerprint density at radius 3 is 2.62 bits per heavy atom. The van der Waals surface area contributed by atoms with Gasteiger partial charge in [-0.3, -0.25) is 4.79 Å². The Morgan fingerprint density at radius 2 is 1.95 bits per heavy atom. The lowest BCUT2D eigenvalue weighted by molar-refractivity contribution is -0.225. The van der Waals surface area contributed by atoms with E-state index in [0.29, 0.717) is 6.04 Å². The third-order valence-corrected chi connectivity index (χ3v) is 6.67. The van der Waals surface area contributed by atoms with Crippen molar-refractivity contribution in [3.63, 3.8) is 0 Å². The number of thioether (sulfide) groups is 1. The molecule has 3 aliphatic rings. The van der Waals surface area contributed by atoms with E-state index in [1.54, 1.807) is 0 Å². The van der Waals surface area contributed by atoms with Crippen molar-refractivity contribution in [1.82, 2.24) is 5.32 Å². The maximum absolute atomic E-state index is 12.8. The molecule has 4 nitrogen and oxygen atoms in total. The SMILES string of the molecule is CC1(C)C2OCCCC2C1(N)C(=O)NC1CCSCC1.Cl. The molecular formula is C15H27ClN2O2S. The molecule has 122 valence electrons. The van der Waals surface area contributed by atoms with E-state index in [2.05, 4.69) is 19.2 Å². The maximum Gasteiger partial charge on any atom is 0.241 e. The normalized spacial score (nSPS) is 38.6. The van der Waals surface area contributed by atoms with Gasteiger partial charge in [-0.25, -0.2) is 0 Å². The van der Waals surface area contributed by atoms with Crippen LogP contribution in [0.2, 0.25) is 0 Å². The highest BCUT2D eigenvalue weighted by atomic mass is 35.5. The Hall–Kier alpha value is 0.0300. The molecule has 0 aromatic carbocycles. The van der Waals surface area contributed by atoms with Gasteiger partial charge >= 0.3 is 0 Å². The van der Waals surface area contributed by atoms with Crippen molar-refractivity contribution in [2.45, 2.75) is 57.2 Å². The summed E-state index contributed by atoms with van der Waals surface area (Å²) in [4.78, 5) is 12.8. The molecule has 2 heterocycles. The second-order valence-corrected chi connectivity index (χ2v) is 8.22. The van der Waals surface area contributed by atoms with Crippen LogP contribution in [0.1, 0.15) is 39.5 Å². The molecule has 0 aromatic rings. The Labute approximate surface area is 137 Å². The van der Waals surface area contributed by atoms with Gasteiger partial charge in [0.1, 0.15) is 5.54 Å². The number of amides is 1. The van der Waals surface area contributed by atoms with E-state index < -0.39 is 5.54 Å². The number of ether oxygens (including phenoxy) is 1. The quantitative estimate of drug-likeness (QED) is 0.810. The zero-order valence-electron chi connectivity index (χ0n) is 12.9. The Bertz CT molecular complexity index is 401. The van der Waals surface area contributed by atoms with Crippen LogP contribution in [0.25, 0.3) is 0 Å². The summed E-state index contributed by atoms with van der Waals surface area (Å²) in [6.45, 7) is 4.97. The molecule has 0 radical (unpaired) electrons. The van der Waals surface area contributed by atoms with Crippen LogP contribution in [0, 0.1) is 11.3 Å². The van der Waals surface area contributed by atoms with Crippen LogP contribution in [0.4, 0.5) is 0 Å². The van der Waals surface area contributed by atoms with Crippen molar-refractivity contribution < 1.29 is 9.53 Å². The lowest BCUT2D eigenvalue weighted by Crippen LogP contribution is -2.82. The molecular weight excluding hydrogens is 308 g/mol. The van der Waals surface area contributed by atoms with E-state index >= 15 is 0 Å². The van der Waals surface area contributed by atoms with Crippen LogP contribution >= 0.6 is 24.2 Å². The van der Waals surface area contributed by atoms with E-state index in [-0.39, 0.29) is 35.8 Å². The fourth-order valence-corrected chi connectivity index (χ4v) is 5.29. The van der Waals surface area contributed by atoms with Crippen LogP contribution in [-0.4, -0.2) is 41.7 Å². The van der Waals surface area contributed by atoms with Gasteiger partial charge < -0.3 is 15.8 Å². The smallest absolute Gasteiger partial charge is 0.241 e. The Kier molecular flexibility index (Phi) is 5.19. The number of hydrogen-bond donors (Lipinski definition) is 2. The molecule has 21 heavy (non-hydrogen) atoms. The minimum Gasteiger partial charge on any atom is -0.377 e. The number of carbonyl (C=O) groups excluding carboxylic acids is 1. The summed E-state index contributed by atoms with van der Waals surface area (Å²) in [5, 5.41) is 3.22. The van der Waals surface area contributed by atoms with E-state index in [9.17, 15) is 4.79 Å². The zero-order chi connectivity index (χ0) is 14.4. The van der Waals surface area contributed by atoms with Gasteiger partial charge in [-0.2, -0.15) is 11.8 Å². The van der Waals surface area contributed by atoms with Crippen molar-refractivity contribution in [3.05, 3.63) is 0 Å². The average Bonchev–Trinajstić information content (AvgIpc) is 2.47. The Morgan fingerprint density at radius 1 is 1.29 bits per heavy atom. The molecule has 1 amide bonds. The van der Waals surface area contributed by atoms with E-state index in [1.165, 1.54) is 0 Å². The zero-order valence-corrected chi connectivity index (χ0v) is 14.5. The minimum atomic E-state index is -0.761. The highest BCUT2D eigenvalue weighted by molar-refractivity contribution is 7.99. The summed E-state index contributed by atoms with van der Waals surface area (Å²) in [6.07, 6.45) is 4.31. The van der Waals surface area contributed by atoms with Gasteiger partial charge in [0.25, 0.3) is 0 Å². The molecule has 1 aliphatic carbocycles. The number of fused-ring (bicyclic) bond motifs is 1. The fraction of sp³-hybridized carbons (Fsp3) is 0.933. The molecule has 3 fully saturated rings. The maximum atomic E-state index is 12.8. The first-order valence-electron chi connectivity index (χ1n) is 7.77. The molecule has 3 N–H and O–H groups in total. The third-order valence-electron chi connectivity index (χ3n) is 5.62. The average molecular weight is 335 g/mol. The fourth-order valence-electron chi connectivity index (χ4n) is 4.18. The number of nitrogens with two attached hydrogens (primary N) is 1. The largest absolute Gasteiger partial charge is 0.377 e. The van der Waals surface area contributed by atoms with E-state index in [0.717, 1.165) is 43.8 Å². The highest BCUT2D eigenvalue weighted by Crippen LogP contribution is 2.57. The predicted octanol–water partition coefficient (Wildman–Crippen LogP) is 1.95. The minimum absolute atomic E-state index is 0. The molecule has 3 unspecified atom stereocenters. The summed E-state index contributed by atoms with van der Waals surface area (Å²) in [5.74, 6) is 2.51. The van der Waals surface area contributed by atoms with Gasteiger partial charge in [0.2, 0.25) is 5.91 Å². The number of hydrogen-bond acceptors (Lipinski definition) is 4. The van der Waals surface area contributed by atoms with Crippen molar-refractivity contribution >= 4 is 30.1 Å². The number of nitrogens with one attached hydrogen (secondary N) is 1. The van der Waals surface area contributed by atoms with Crippen molar-refractivity contribution in [3.8, 4) is 0 Å². The van der Waals surface area contributed by atoms with Gasteiger partial charge in [0.05, 0.1) is 6.10 Å². The summed E-state index contributed by atoms with van der Waals surface area (Å²) < 4.78 is 5.86. The molecule has 0 spiro atoms. The van der Waals surface area contributed by atoms with Crippen LogP contribution in [-0.2, 0) is 9.53 Å². The molecule has 3 atom stereocenters. The molecule has 1 saturated carbocycles. The van der Waals surface area contributed by atoms with Crippen molar-refractivity contribution in [1.29, 1.82) is 0 Å². The monoisotopic (exact) mass is 334 g/mol. The van der Waals surface area contributed by atoms with Crippen molar-refractivity contribution in [2.24, 2.45) is 17.1 Å². The van der Waals surface area contributed by atoms with Crippen LogP contribution in [0.3, 0.4) is 0 Å². The van der Waals surface area contributed by atoms with Crippen molar-refractivity contribution in [2.75, 3.05) is 18.1 Å². The summed E-state index contributed by atoms with van der Waals surface area (Å²) in [6, 6.07) is 0.309. The topological polar surface area (TPSA) is 64.3 Å². The molecule has 6 heteroatoms. The van der Waals surface area contributed by atoms with Crippen LogP contribution in [0.5, 0.6) is 0 Å². The third kappa shape index (κ3) is 2.60. The van der Waals surface area contributed by atoms with Gasteiger partial charge in [-0.05, 0) is 37.2 Å². The lowest BCUT2D eigenvalue weighted by atomic mass is 9.46. The van der Waals surface area contributed by atoms with Crippen LogP contribution < -0.4 is 11.1 Å². The first-order valence-corrected chi connectivity index (χ1v) is 8.92. The van der Waals surface area contributed by atoms with Gasteiger partial charge in [-0.15, -0.1) is 12.4 Å². The van der Waals surface area contributed by atoms with Gasteiger partial charge in [0.15, 0.2) is 0 Å². The summed E-state index contributed by atoms with van der Waals surface area (Å²) in [7, 11) is 0. The number of halogens is 1. The standard InChI is InChI=1S/C15H26N2O2S.ClH/c1-14(2)12-11(4-3-7-19-12)15(14,16)13(18)17-10-5-8-20-9-6-10;/h10-12H,3-9,16H2,1-2H3,(H,17,18);1H. The second-order valence-electron chi connectivity index (χ2n) is 6.99. The lowest BCUT2D eigenvalue weighted by Gasteiger charge is -2.65. The van der Waals surface area contributed by atoms with E-state index in [4.69, 9.17) is 10.5 Å². The summed E-state index contributed by atoms with van der Waals surface area (Å²) >= 11 is 1.97. The summed E-state index contributed by atoms with van der Waals surface area (Å²) in [5.41, 5.74) is 5.57. The molecule has 0 bridgehead atoms. The Balaban J connectivity index is 0.00000161. The first kappa shape index (κ1) is 17.4. The van der Waals surface area contributed by atoms with E-state index in [1.807, 2.05) is 11.8 Å². The molecule has 2 aliphatic heterocycles. The van der Waals surface area contributed by atoms with Gasteiger partial charge in [-0.1, -0.05) is 13.8 Å². The predicted molar refractivity (Wildman–Crippen MR) is 88.9 cm³/mol. The number of rotatable bonds is 2. The van der Waals surface area contributed by atoms with Gasteiger partial charge in [0, 0.05) is 24.0 Å². The molecule has 3 rings (SSSR count). The highest BCUT2D eigenvalue weighted by Gasteiger charge is 2.70. The first-order chi connectivity index (χ1) is 9.48. The molecule has 0 aromatic heterocycles.